The Labute approximate surface area is 137 Å². The minimum Gasteiger partial charge on any atom is -0.375 e. The number of nitrogens with zero attached hydrogens (tertiary/aromatic N) is 2. The number of rotatable bonds is 3. The molecule has 1 amide bonds. The zero-order chi connectivity index (χ0) is 15.5. The van der Waals surface area contributed by atoms with Crippen LogP contribution in [0.1, 0.15) is 23.8 Å². The van der Waals surface area contributed by atoms with E-state index in [-0.39, 0.29) is 12.0 Å². The van der Waals surface area contributed by atoms with Gasteiger partial charge in [0.05, 0.1) is 18.4 Å². The predicted molar refractivity (Wildman–Crippen MR) is 87.7 cm³/mol. The summed E-state index contributed by atoms with van der Waals surface area (Å²) in [5.74, 6) is -0.0161. The molecule has 0 bridgehead atoms. The van der Waals surface area contributed by atoms with E-state index in [0.29, 0.717) is 25.4 Å². The van der Waals surface area contributed by atoms with Crippen molar-refractivity contribution in [2.24, 2.45) is 0 Å². The predicted octanol–water partition coefficient (Wildman–Crippen LogP) is 3.09. The van der Waals surface area contributed by atoms with E-state index in [0.717, 1.165) is 22.2 Å². The van der Waals surface area contributed by atoms with E-state index < -0.39 is 0 Å². The zero-order valence-corrected chi connectivity index (χ0v) is 14.0. The van der Waals surface area contributed by atoms with Crippen molar-refractivity contribution < 1.29 is 9.53 Å². The molecule has 1 saturated heterocycles. The van der Waals surface area contributed by atoms with E-state index in [1.165, 1.54) is 0 Å². The molecule has 1 fully saturated rings. The molecule has 1 aliphatic rings. The van der Waals surface area contributed by atoms with Gasteiger partial charge in [-0.2, -0.15) is 5.10 Å². The fraction of sp³-hybridized carbons (Fsp3) is 0.375. The number of hydrogen-bond acceptors (Lipinski definition) is 3. The number of hydrogen-bond donors (Lipinski definition) is 1. The molecule has 1 aromatic carbocycles. The first-order valence-electron chi connectivity index (χ1n) is 7.39. The summed E-state index contributed by atoms with van der Waals surface area (Å²) < 4.78 is 6.62. The summed E-state index contributed by atoms with van der Waals surface area (Å²) in [4.78, 5) is 14.4. The molecular formula is C16H18BrN3O2. The Kier molecular flexibility index (Phi) is 4.59. The molecule has 1 aromatic heterocycles. The second kappa shape index (κ2) is 6.62. The number of carbonyl (C=O) groups is 1. The van der Waals surface area contributed by atoms with Crippen molar-refractivity contribution >= 4 is 21.8 Å². The van der Waals surface area contributed by atoms with Crippen LogP contribution in [-0.4, -0.2) is 46.8 Å². The van der Waals surface area contributed by atoms with E-state index in [1.54, 1.807) is 0 Å². The first kappa shape index (κ1) is 15.2. The van der Waals surface area contributed by atoms with Crippen LogP contribution in [0.15, 0.2) is 34.8 Å². The van der Waals surface area contributed by atoms with Gasteiger partial charge >= 0.3 is 0 Å². The number of ether oxygens (including phenoxy) is 1. The van der Waals surface area contributed by atoms with Gasteiger partial charge in [0.15, 0.2) is 0 Å². The highest BCUT2D eigenvalue weighted by Gasteiger charge is 2.25. The summed E-state index contributed by atoms with van der Waals surface area (Å²) >= 11 is 3.41. The highest BCUT2D eigenvalue weighted by atomic mass is 79.9. The monoisotopic (exact) mass is 363 g/mol. The van der Waals surface area contributed by atoms with Gasteiger partial charge in [0.1, 0.15) is 5.69 Å². The first-order chi connectivity index (χ1) is 10.7. The van der Waals surface area contributed by atoms with Crippen LogP contribution in [0.25, 0.3) is 11.3 Å². The van der Waals surface area contributed by atoms with Crippen LogP contribution in [0.4, 0.5) is 0 Å². The van der Waals surface area contributed by atoms with Crippen molar-refractivity contribution in [2.75, 3.05) is 19.7 Å². The highest BCUT2D eigenvalue weighted by molar-refractivity contribution is 9.10. The van der Waals surface area contributed by atoms with Crippen LogP contribution in [0.3, 0.4) is 0 Å². The molecule has 3 rings (SSSR count). The lowest BCUT2D eigenvalue weighted by molar-refractivity contribution is -0.0228. The number of benzene rings is 1. The van der Waals surface area contributed by atoms with Crippen LogP contribution in [-0.2, 0) is 4.74 Å². The number of aromatic nitrogens is 2. The van der Waals surface area contributed by atoms with Gasteiger partial charge in [-0.15, -0.1) is 0 Å². The Bertz CT molecular complexity index is 654. The van der Waals surface area contributed by atoms with Crippen molar-refractivity contribution in [3.8, 4) is 11.3 Å². The molecule has 2 heterocycles. The normalized spacial score (nSPS) is 18.5. The molecule has 0 aliphatic carbocycles. The standard InChI is InChI=1S/C16H18BrN3O2/c1-2-13-10-20(7-8-22-13)16(21)15-9-14(18-19-15)11-3-5-12(17)6-4-11/h3-6,9,13H,2,7-8,10H2,1H3,(H,18,19)/t13-/m0/s1. The summed E-state index contributed by atoms with van der Waals surface area (Å²) in [5.41, 5.74) is 2.28. The molecule has 6 heteroatoms. The van der Waals surface area contributed by atoms with Crippen LogP contribution < -0.4 is 0 Å². The van der Waals surface area contributed by atoms with E-state index >= 15 is 0 Å². The lowest BCUT2D eigenvalue weighted by Crippen LogP contribution is -2.45. The molecule has 2 aromatic rings. The fourth-order valence-electron chi connectivity index (χ4n) is 2.52. The minimum atomic E-state index is -0.0161. The van der Waals surface area contributed by atoms with Crippen molar-refractivity contribution in [2.45, 2.75) is 19.4 Å². The van der Waals surface area contributed by atoms with Crippen molar-refractivity contribution in [1.29, 1.82) is 0 Å². The van der Waals surface area contributed by atoms with E-state index in [9.17, 15) is 4.79 Å². The number of aromatic amines is 1. The molecule has 1 N–H and O–H groups in total. The number of nitrogens with one attached hydrogen (secondary N) is 1. The van der Waals surface area contributed by atoms with E-state index in [2.05, 4.69) is 33.1 Å². The summed E-state index contributed by atoms with van der Waals surface area (Å²) in [7, 11) is 0. The Morgan fingerprint density at radius 3 is 2.95 bits per heavy atom. The maximum atomic E-state index is 12.6. The van der Waals surface area contributed by atoms with Crippen LogP contribution in [0.5, 0.6) is 0 Å². The number of H-pyrrole nitrogens is 1. The van der Waals surface area contributed by atoms with Crippen molar-refractivity contribution in [3.63, 3.8) is 0 Å². The lowest BCUT2D eigenvalue weighted by Gasteiger charge is -2.32. The van der Waals surface area contributed by atoms with Gasteiger partial charge in [-0.25, -0.2) is 0 Å². The third-order valence-corrected chi connectivity index (χ3v) is 4.36. The smallest absolute Gasteiger partial charge is 0.272 e. The molecule has 1 aliphatic heterocycles. The average molecular weight is 364 g/mol. The zero-order valence-electron chi connectivity index (χ0n) is 12.4. The Hall–Kier alpha value is -1.66. The fourth-order valence-corrected chi connectivity index (χ4v) is 2.79. The second-order valence-corrected chi connectivity index (χ2v) is 6.24. The average Bonchev–Trinajstić information content (AvgIpc) is 3.05. The molecule has 1 atom stereocenters. The summed E-state index contributed by atoms with van der Waals surface area (Å²) in [6.45, 7) is 3.93. The number of carbonyl (C=O) groups excluding carboxylic acids is 1. The second-order valence-electron chi connectivity index (χ2n) is 5.33. The van der Waals surface area contributed by atoms with Crippen LogP contribution >= 0.6 is 15.9 Å². The first-order valence-corrected chi connectivity index (χ1v) is 8.19. The van der Waals surface area contributed by atoms with Gasteiger partial charge < -0.3 is 9.64 Å². The quantitative estimate of drug-likeness (QED) is 0.911. The Balaban J connectivity index is 1.75. The third kappa shape index (κ3) is 3.23. The lowest BCUT2D eigenvalue weighted by atomic mass is 10.1. The molecule has 22 heavy (non-hydrogen) atoms. The number of amides is 1. The Morgan fingerprint density at radius 2 is 2.23 bits per heavy atom. The van der Waals surface area contributed by atoms with Crippen molar-refractivity contribution in [3.05, 3.63) is 40.5 Å². The molecule has 5 nitrogen and oxygen atoms in total. The molecule has 0 spiro atoms. The van der Waals surface area contributed by atoms with Gasteiger partial charge in [-0.05, 0) is 24.6 Å². The summed E-state index contributed by atoms with van der Waals surface area (Å²) in [6, 6.07) is 9.66. The topological polar surface area (TPSA) is 58.2 Å². The molecule has 0 radical (unpaired) electrons. The van der Waals surface area contributed by atoms with Crippen molar-refractivity contribution in [1.82, 2.24) is 15.1 Å². The van der Waals surface area contributed by atoms with Crippen LogP contribution in [0.2, 0.25) is 0 Å². The molecule has 0 saturated carbocycles. The minimum absolute atomic E-state index is 0.0161. The van der Waals surface area contributed by atoms with Gasteiger partial charge in [-0.1, -0.05) is 35.0 Å². The summed E-state index contributed by atoms with van der Waals surface area (Å²) in [5, 5.41) is 7.11. The molecular weight excluding hydrogens is 346 g/mol. The summed E-state index contributed by atoms with van der Waals surface area (Å²) in [6.07, 6.45) is 1.04. The Morgan fingerprint density at radius 1 is 1.45 bits per heavy atom. The van der Waals surface area contributed by atoms with E-state index in [1.807, 2.05) is 35.2 Å². The number of halogens is 1. The van der Waals surface area contributed by atoms with Gasteiger partial charge in [-0.3, -0.25) is 9.89 Å². The molecule has 116 valence electrons. The van der Waals surface area contributed by atoms with Crippen LogP contribution in [0, 0.1) is 0 Å². The number of morpholine rings is 1. The third-order valence-electron chi connectivity index (χ3n) is 3.83. The largest absolute Gasteiger partial charge is 0.375 e. The SMILES string of the molecule is CC[C@H]1CN(C(=O)c2cc(-c3ccc(Br)cc3)n[nH]2)CCO1. The van der Waals surface area contributed by atoms with Gasteiger partial charge in [0.25, 0.3) is 5.91 Å². The van der Waals surface area contributed by atoms with E-state index in [4.69, 9.17) is 4.74 Å². The maximum absolute atomic E-state index is 12.6. The maximum Gasteiger partial charge on any atom is 0.272 e. The van der Waals surface area contributed by atoms with Gasteiger partial charge in [0, 0.05) is 23.1 Å². The van der Waals surface area contributed by atoms with Gasteiger partial charge in [0.2, 0.25) is 0 Å². The molecule has 0 unspecified atom stereocenters. The highest BCUT2D eigenvalue weighted by Crippen LogP contribution is 2.21.